The monoisotopic (exact) mass is 336 g/mol. The van der Waals surface area contributed by atoms with E-state index in [0.717, 1.165) is 16.7 Å². The molecule has 0 saturated carbocycles. The molecule has 1 heterocycles. The van der Waals surface area contributed by atoms with E-state index in [1.807, 2.05) is 54.6 Å². The van der Waals surface area contributed by atoms with Gasteiger partial charge in [-0.25, -0.2) is 4.79 Å². The number of nitrogens with one attached hydrogen (secondary N) is 2. The highest BCUT2D eigenvalue weighted by molar-refractivity contribution is 5.85. The number of hydrogen-bond donors (Lipinski definition) is 2. The van der Waals surface area contributed by atoms with E-state index in [9.17, 15) is 9.59 Å². The van der Waals surface area contributed by atoms with Crippen LogP contribution in [0.3, 0.4) is 0 Å². The maximum atomic E-state index is 12.3. The number of carbonyl (C=O) groups is 2. The quantitative estimate of drug-likeness (QED) is 0.841. The van der Waals surface area contributed by atoms with Gasteiger partial charge in [-0.1, -0.05) is 61.2 Å². The lowest BCUT2D eigenvalue weighted by Crippen LogP contribution is -2.51. The van der Waals surface area contributed by atoms with Crippen LogP contribution < -0.4 is 10.6 Å². The average molecular weight is 336 g/mol. The van der Waals surface area contributed by atoms with Gasteiger partial charge in [-0.3, -0.25) is 4.79 Å². The molecular weight excluding hydrogens is 316 g/mol. The van der Waals surface area contributed by atoms with Crippen molar-refractivity contribution in [3.63, 3.8) is 0 Å². The molecule has 0 bridgehead atoms. The van der Waals surface area contributed by atoms with E-state index in [-0.39, 0.29) is 12.6 Å². The predicted octanol–water partition coefficient (Wildman–Crippen LogP) is 3.40. The number of rotatable bonds is 4. The number of esters is 1. The van der Waals surface area contributed by atoms with E-state index in [0.29, 0.717) is 5.70 Å². The number of ether oxygens (including phenoxy) is 1. The van der Waals surface area contributed by atoms with Gasteiger partial charge in [0.1, 0.15) is 5.92 Å². The molecule has 25 heavy (non-hydrogen) atoms. The first-order valence-corrected chi connectivity index (χ1v) is 8.18. The van der Waals surface area contributed by atoms with Gasteiger partial charge in [0.05, 0.1) is 12.6 Å². The lowest BCUT2D eigenvalue weighted by atomic mass is 9.88. The second-order valence-electron chi connectivity index (χ2n) is 5.82. The minimum absolute atomic E-state index is 0.274. The van der Waals surface area contributed by atoms with Crippen LogP contribution in [0.4, 0.5) is 4.79 Å². The van der Waals surface area contributed by atoms with Crippen LogP contribution >= 0.6 is 0 Å². The molecule has 5 nitrogen and oxygen atoms in total. The Kier molecular flexibility index (Phi) is 4.84. The fourth-order valence-electron chi connectivity index (χ4n) is 2.99. The van der Waals surface area contributed by atoms with Crippen LogP contribution in [0, 0.1) is 5.92 Å². The Morgan fingerprint density at radius 1 is 1.08 bits per heavy atom. The Morgan fingerprint density at radius 3 is 2.36 bits per heavy atom. The highest BCUT2D eigenvalue weighted by atomic mass is 16.5. The van der Waals surface area contributed by atoms with Crippen molar-refractivity contribution in [3.8, 4) is 11.1 Å². The molecule has 2 aromatic carbocycles. The zero-order valence-corrected chi connectivity index (χ0v) is 14.0. The average Bonchev–Trinajstić information content (AvgIpc) is 2.62. The van der Waals surface area contributed by atoms with Crippen molar-refractivity contribution in [1.29, 1.82) is 0 Å². The van der Waals surface area contributed by atoms with Gasteiger partial charge < -0.3 is 15.4 Å². The Labute approximate surface area is 146 Å². The van der Waals surface area contributed by atoms with Crippen molar-refractivity contribution in [3.05, 3.63) is 72.4 Å². The van der Waals surface area contributed by atoms with Gasteiger partial charge in [0, 0.05) is 5.70 Å². The highest BCUT2D eigenvalue weighted by Crippen LogP contribution is 2.31. The Bertz CT molecular complexity index is 784. The molecule has 5 heteroatoms. The molecule has 3 rings (SSSR count). The third-order valence-electron chi connectivity index (χ3n) is 4.19. The van der Waals surface area contributed by atoms with Crippen molar-refractivity contribution in [2.45, 2.75) is 13.0 Å². The summed E-state index contributed by atoms with van der Waals surface area (Å²) in [6.45, 7) is 5.84. The lowest BCUT2D eigenvalue weighted by Gasteiger charge is -2.33. The van der Waals surface area contributed by atoms with Crippen molar-refractivity contribution in [2.75, 3.05) is 6.61 Å². The molecule has 0 aromatic heterocycles. The van der Waals surface area contributed by atoms with Gasteiger partial charge >= 0.3 is 12.0 Å². The van der Waals surface area contributed by atoms with E-state index in [2.05, 4.69) is 17.2 Å². The topological polar surface area (TPSA) is 67.4 Å². The van der Waals surface area contributed by atoms with Crippen LogP contribution in [-0.4, -0.2) is 18.6 Å². The zero-order valence-electron chi connectivity index (χ0n) is 14.0. The maximum absolute atomic E-state index is 12.3. The van der Waals surface area contributed by atoms with Crippen LogP contribution in [0.2, 0.25) is 0 Å². The molecule has 0 spiro atoms. The molecule has 0 aliphatic carbocycles. The van der Waals surface area contributed by atoms with Crippen LogP contribution in [0.25, 0.3) is 11.1 Å². The van der Waals surface area contributed by atoms with Crippen molar-refractivity contribution < 1.29 is 14.3 Å². The number of hydrogen-bond acceptors (Lipinski definition) is 3. The van der Waals surface area contributed by atoms with Crippen molar-refractivity contribution in [2.24, 2.45) is 5.92 Å². The standard InChI is InChI=1S/C20H20N2O3/c1-3-25-19(23)17-13(2)21-20(24)22-18(17)16-11-9-15(10-12-16)14-7-5-4-6-8-14/h4-12,17-18H,2-3H2,1H3,(H2,21,22,24)/t17-,18+/m1/s1. The second kappa shape index (κ2) is 7.21. The molecule has 0 unspecified atom stereocenters. The summed E-state index contributed by atoms with van der Waals surface area (Å²) in [5, 5.41) is 5.36. The summed E-state index contributed by atoms with van der Waals surface area (Å²) >= 11 is 0. The SMILES string of the molecule is C=C1NC(=O)N[C@@H](c2ccc(-c3ccccc3)cc2)[C@@H]1C(=O)OCC. The summed E-state index contributed by atoms with van der Waals surface area (Å²) in [6, 6.07) is 16.9. The molecule has 128 valence electrons. The molecule has 1 aliphatic rings. The molecule has 1 saturated heterocycles. The van der Waals surface area contributed by atoms with E-state index >= 15 is 0 Å². The third-order valence-corrected chi connectivity index (χ3v) is 4.19. The fourth-order valence-corrected chi connectivity index (χ4v) is 2.99. The van der Waals surface area contributed by atoms with Crippen molar-refractivity contribution in [1.82, 2.24) is 10.6 Å². The lowest BCUT2D eigenvalue weighted by molar-refractivity contribution is -0.147. The molecule has 1 aliphatic heterocycles. The van der Waals surface area contributed by atoms with Crippen LogP contribution in [0.5, 0.6) is 0 Å². The molecule has 2 aromatic rings. The highest BCUT2D eigenvalue weighted by Gasteiger charge is 2.38. The van der Waals surface area contributed by atoms with Crippen molar-refractivity contribution >= 4 is 12.0 Å². The Balaban J connectivity index is 1.90. The summed E-state index contributed by atoms with van der Waals surface area (Å²) in [6.07, 6.45) is 0. The summed E-state index contributed by atoms with van der Waals surface area (Å²) in [5.74, 6) is -1.07. The number of benzene rings is 2. The van der Waals surface area contributed by atoms with Gasteiger partial charge in [0.15, 0.2) is 0 Å². The molecular formula is C20H20N2O3. The first-order valence-electron chi connectivity index (χ1n) is 8.18. The maximum Gasteiger partial charge on any atom is 0.319 e. The molecule has 1 fully saturated rings. The third kappa shape index (κ3) is 3.55. The predicted molar refractivity (Wildman–Crippen MR) is 95.5 cm³/mol. The van der Waals surface area contributed by atoms with Gasteiger partial charge in [-0.2, -0.15) is 0 Å². The molecule has 2 atom stereocenters. The molecule has 2 amide bonds. The number of amides is 2. The van der Waals surface area contributed by atoms with E-state index in [4.69, 9.17) is 4.74 Å². The Hall–Kier alpha value is -3.08. The number of urea groups is 1. The zero-order chi connectivity index (χ0) is 17.8. The minimum Gasteiger partial charge on any atom is -0.465 e. The van der Waals surface area contributed by atoms with Crippen LogP contribution in [0.1, 0.15) is 18.5 Å². The van der Waals surface area contributed by atoms with Crippen LogP contribution in [0.15, 0.2) is 66.9 Å². The van der Waals surface area contributed by atoms with E-state index < -0.39 is 17.9 Å². The fraction of sp³-hybridized carbons (Fsp3) is 0.200. The van der Waals surface area contributed by atoms with Gasteiger partial charge in [0.25, 0.3) is 0 Å². The van der Waals surface area contributed by atoms with E-state index in [1.165, 1.54) is 0 Å². The summed E-state index contributed by atoms with van der Waals surface area (Å²) in [4.78, 5) is 24.1. The largest absolute Gasteiger partial charge is 0.465 e. The first kappa shape index (κ1) is 16.8. The van der Waals surface area contributed by atoms with Crippen LogP contribution in [-0.2, 0) is 9.53 Å². The van der Waals surface area contributed by atoms with Gasteiger partial charge in [0.2, 0.25) is 0 Å². The normalized spacial score (nSPS) is 19.7. The van der Waals surface area contributed by atoms with Gasteiger partial charge in [-0.15, -0.1) is 0 Å². The van der Waals surface area contributed by atoms with E-state index in [1.54, 1.807) is 6.92 Å². The summed E-state index contributed by atoms with van der Waals surface area (Å²) < 4.78 is 5.14. The summed E-state index contributed by atoms with van der Waals surface area (Å²) in [5.41, 5.74) is 3.35. The molecule has 0 radical (unpaired) electrons. The smallest absolute Gasteiger partial charge is 0.319 e. The summed E-state index contributed by atoms with van der Waals surface area (Å²) in [7, 11) is 0. The van der Waals surface area contributed by atoms with Gasteiger partial charge in [-0.05, 0) is 23.6 Å². The molecule has 2 N–H and O–H groups in total. The second-order valence-corrected chi connectivity index (χ2v) is 5.82. The minimum atomic E-state index is -0.666. The Morgan fingerprint density at radius 2 is 1.72 bits per heavy atom. The first-order chi connectivity index (χ1) is 12.1. The number of carbonyl (C=O) groups excluding carboxylic acids is 2.